The number of hydrogen-bond donors (Lipinski definition) is 1. The summed E-state index contributed by atoms with van der Waals surface area (Å²) in [6.45, 7) is 2.49. The summed E-state index contributed by atoms with van der Waals surface area (Å²) in [6, 6.07) is 8.46. The third-order valence-electron chi connectivity index (χ3n) is 2.75. The van der Waals surface area contributed by atoms with Gasteiger partial charge in [0.25, 0.3) is 0 Å². The molecule has 1 saturated carbocycles. The molecule has 64 valence electrons. The van der Waals surface area contributed by atoms with E-state index in [1.165, 1.54) is 17.5 Å². The van der Waals surface area contributed by atoms with Crippen molar-refractivity contribution in [3.8, 4) is 0 Å². The van der Waals surface area contributed by atoms with Crippen LogP contribution in [0.15, 0.2) is 24.3 Å². The summed E-state index contributed by atoms with van der Waals surface area (Å²) in [5.41, 5.74) is 2.79. The molecule has 1 nitrogen and oxygen atoms in total. The second-order valence-corrected chi connectivity index (χ2v) is 3.64. The highest BCUT2D eigenvalue weighted by atomic mass is 16.3. The van der Waals surface area contributed by atoms with Gasteiger partial charge >= 0.3 is 0 Å². The zero-order valence-corrected chi connectivity index (χ0v) is 7.33. The van der Waals surface area contributed by atoms with Crippen molar-refractivity contribution in [2.75, 3.05) is 6.61 Å². The third-order valence-corrected chi connectivity index (χ3v) is 2.75. The number of benzene rings is 1. The number of aryl methyl sites for hydroxylation is 1. The molecule has 1 aliphatic rings. The molecule has 1 fully saturated rings. The van der Waals surface area contributed by atoms with Crippen LogP contribution < -0.4 is 0 Å². The van der Waals surface area contributed by atoms with Gasteiger partial charge in [-0.15, -0.1) is 0 Å². The minimum Gasteiger partial charge on any atom is -0.396 e. The second kappa shape index (κ2) is 2.91. The molecule has 1 aromatic carbocycles. The minimum absolute atomic E-state index is 0.346. The molecule has 0 aromatic heterocycles. The fourth-order valence-electron chi connectivity index (χ4n) is 1.83. The first-order valence-corrected chi connectivity index (χ1v) is 4.49. The quantitative estimate of drug-likeness (QED) is 0.706. The van der Waals surface area contributed by atoms with Crippen LogP contribution >= 0.6 is 0 Å². The van der Waals surface area contributed by atoms with Crippen LogP contribution in [0.1, 0.15) is 23.5 Å². The summed E-state index contributed by atoms with van der Waals surface area (Å²) in [7, 11) is 0. The van der Waals surface area contributed by atoms with Gasteiger partial charge in [-0.25, -0.2) is 0 Å². The van der Waals surface area contributed by atoms with Gasteiger partial charge in [0.1, 0.15) is 0 Å². The molecule has 1 N–H and O–H groups in total. The molecular weight excluding hydrogens is 148 g/mol. The number of hydrogen-bond acceptors (Lipinski definition) is 1. The van der Waals surface area contributed by atoms with Gasteiger partial charge in [0.05, 0.1) is 0 Å². The van der Waals surface area contributed by atoms with Crippen molar-refractivity contribution in [2.45, 2.75) is 19.3 Å². The number of aliphatic hydroxyl groups is 1. The molecule has 0 saturated heterocycles. The highest BCUT2D eigenvalue weighted by Crippen LogP contribution is 2.47. The van der Waals surface area contributed by atoms with E-state index in [9.17, 15) is 0 Å². The Kier molecular flexibility index (Phi) is 1.89. The SMILES string of the molecule is Cc1ccccc1[C@H]1C[C@@H]1CO. The molecule has 0 aliphatic heterocycles. The Balaban J connectivity index is 2.19. The Morgan fingerprint density at radius 1 is 1.42 bits per heavy atom. The molecule has 2 atom stereocenters. The minimum atomic E-state index is 0.346. The number of aliphatic hydroxyl groups excluding tert-OH is 1. The summed E-state index contributed by atoms with van der Waals surface area (Å²) in [4.78, 5) is 0. The molecule has 2 rings (SSSR count). The smallest absolute Gasteiger partial charge is 0.0465 e. The molecule has 0 spiro atoms. The molecular formula is C11H14O. The predicted molar refractivity (Wildman–Crippen MR) is 49.1 cm³/mol. The molecule has 0 heterocycles. The highest BCUT2D eigenvalue weighted by molar-refractivity contribution is 5.33. The fourth-order valence-corrected chi connectivity index (χ4v) is 1.83. The lowest BCUT2D eigenvalue weighted by Crippen LogP contribution is -1.90. The van der Waals surface area contributed by atoms with Gasteiger partial charge < -0.3 is 5.11 Å². The molecule has 1 aromatic rings. The maximum Gasteiger partial charge on any atom is 0.0465 e. The van der Waals surface area contributed by atoms with Crippen molar-refractivity contribution in [2.24, 2.45) is 5.92 Å². The molecule has 0 amide bonds. The lowest BCUT2D eigenvalue weighted by molar-refractivity contribution is 0.274. The van der Waals surface area contributed by atoms with E-state index < -0.39 is 0 Å². The van der Waals surface area contributed by atoms with E-state index in [0.717, 1.165) is 0 Å². The van der Waals surface area contributed by atoms with Crippen molar-refractivity contribution in [1.29, 1.82) is 0 Å². The predicted octanol–water partition coefficient (Wildman–Crippen LogP) is 2.09. The van der Waals surface area contributed by atoms with E-state index in [2.05, 4.69) is 31.2 Å². The lowest BCUT2D eigenvalue weighted by Gasteiger charge is -2.02. The first-order chi connectivity index (χ1) is 5.83. The van der Waals surface area contributed by atoms with E-state index in [1.54, 1.807) is 0 Å². The van der Waals surface area contributed by atoms with Crippen molar-refractivity contribution >= 4 is 0 Å². The molecule has 1 heteroatoms. The van der Waals surface area contributed by atoms with Gasteiger partial charge in [-0.3, -0.25) is 0 Å². The topological polar surface area (TPSA) is 20.2 Å². The summed E-state index contributed by atoms with van der Waals surface area (Å²) in [5.74, 6) is 1.17. The molecule has 0 unspecified atom stereocenters. The number of rotatable bonds is 2. The standard InChI is InChI=1S/C11H14O/c1-8-4-2-3-5-10(8)11-6-9(11)7-12/h2-5,9,11-12H,6-7H2,1H3/t9-,11+/m1/s1. The van der Waals surface area contributed by atoms with Gasteiger partial charge in [-0.1, -0.05) is 24.3 Å². The molecule has 0 bridgehead atoms. The van der Waals surface area contributed by atoms with Crippen LogP contribution in [0.4, 0.5) is 0 Å². The van der Waals surface area contributed by atoms with Gasteiger partial charge in [-0.2, -0.15) is 0 Å². The normalized spacial score (nSPS) is 27.2. The van der Waals surface area contributed by atoms with Crippen molar-refractivity contribution < 1.29 is 5.11 Å². The van der Waals surface area contributed by atoms with E-state index in [-0.39, 0.29) is 0 Å². The third kappa shape index (κ3) is 1.25. The Labute approximate surface area is 73.0 Å². The Morgan fingerprint density at radius 3 is 2.75 bits per heavy atom. The van der Waals surface area contributed by atoms with Gasteiger partial charge in [0.2, 0.25) is 0 Å². The maximum absolute atomic E-state index is 8.93. The van der Waals surface area contributed by atoms with E-state index in [1.807, 2.05) is 0 Å². The summed E-state index contributed by atoms with van der Waals surface area (Å²) >= 11 is 0. The summed E-state index contributed by atoms with van der Waals surface area (Å²) in [6.07, 6.45) is 1.17. The lowest BCUT2D eigenvalue weighted by atomic mass is 10.0. The van der Waals surface area contributed by atoms with Crippen molar-refractivity contribution in [3.05, 3.63) is 35.4 Å². The van der Waals surface area contributed by atoms with Crippen LogP contribution in [-0.2, 0) is 0 Å². The van der Waals surface area contributed by atoms with Gasteiger partial charge in [0.15, 0.2) is 0 Å². The fraction of sp³-hybridized carbons (Fsp3) is 0.455. The molecule has 12 heavy (non-hydrogen) atoms. The van der Waals surface area contributed by atoms with E-state index in [0.29, 0.717) is 18.4 Å². The monoisotopic (exact) mass is 162 g/mol. The average Bonchev–Trinajstić information content (AvgIpc) is 2.84. The van der Waals surface area contributed by atoms with E-state index in [4.69, 9.17) is 5.11 Å². The average molecular weight is 162 g/mol. The zero-order chi connectivity index (χ0) is 8.55. The first-order valence-electron chi connectivity index (χ1n) is 4.49. The van der Waals surface area contributed by atoms with Crippen LogP contribution in [0.25, 0.3) is 0 Å². The van der Waals surface area contributed by atoms with Crippen molar-refractivity contribution in [1.82, 2.24) is 0 Å². The molecule has 0 radical (unpaired) electrons. The zero-order valence-electron chi connectivity index (χ0n) is 7.33. The highest BCUT2D eigenvalue weighted by Gasteiger charge is 2.37. The largest absolute Gasteiger partial charge is 0.396 e. The van der Waals surface area contributed by atoms with Crippen LogP contribution in [-0.4, -0.2) is 11.7 Å². The van der Waals surface area contributed by atoms with E-state index >= 15 is 0 Å². The Bertz CT molecular complexity index is 280. The Hall–Kier alpha value is -0.820. The van der Waals surface area contributed by atoms with Crippen LogP contribution in [0.2, 0.25) is 0 Å². The van der Waals surface area contributed by atoms with Gasteiger partial charge in [0, 0.05) is 6.61 Å². The summed E-state index contributed by atoms with van der Waals surface area (Å²) in [5, 5.41) is 8.93. The maximum atomic E-state index is 8.93. The van der Waals surface area contributed by atoms with Crippen molar-refractivity contribution in [3.63, 3.8) is 0 Å². The first kappa shape index (κ1) is 7.81. The van der Waals surface area contributed by atoms with Crippen LogP contribution in [0.3, 0.4) is 0 Å². The van der Waals surface area contributed by atoms with Crippen LogP contribution in [0.5, 0.6) is 0 Å². The molecule has 1 aliphatic carbocycles. The van der Waals surface area contributed by atoms with Crippen LogP contribution in [0, 0.1) is 12.8 Å². The summed E-state index contributed by atoms with van der Waals surface area (Å²) < 4.78 is 0. The second-order valence-electron chi connectivity index (χ2n) is 3.64. The Morgan fingerprint density at radius 2 is 2.17 bits per heavy atom. The van der Waals surface area contributed by atoms with Gasteiger partial charge in [-0.05, 0) is 36.3 Å².